The predicted octanol–water partition coefficient (Wildman–Crippen LogP) is 2.34. The van der Waals surface area contributed by atoms with Crippen LogP contribution in [-0.4, -0.2) is 6.21 Å². The van der Waals surface area contributed by atoms with Gasteiger partial charge in [0.1, 0.15) is 0 Å². The van der Waals surface area contributed by atoms with Gasteiger partial charge in [0, 0.05) is 25.2 Å². The van der Waals surface area contributed by atoms with Gasteiger partial charge < -0.3 is 5.32 Å². The highest BCUT2D eigenvalue weighted by Gasteiger charge is 1.85. The number of aliphatic imine (C=N–C) groups is 1. The first-order valence-electron chi connectivity index (χ1n) is 4.33. The standard InChI is InChI=1S/C11H14N2/c1-2-12-8-9-13-10-11-6-4-3-5-7-11/h2-9,13H,10H2,1H3/b9-8-,12-2?. The topological polar surface area (TPSA) is 24.4 Å². The van der Waals surface area contributed by atoms with E-state index < -0.39 is 0 Å². The number of hydrogen-bond acceptors (Lipinski definition) is 2. The molecule has 0 heterocycles. The largest absolute Gasteiger partial charge is 0.386 e. The van der Waals surface area contributed by atoms with Crippen molar-refractivity contribution in [1.29, 1.82) is 0 Å². The molecule has 1 aromatic rings. The lowest BCUT2D eigenvalue weighted by atomic mass is 10.2. The second kappa shape index (κ2) is 6.00. The first-order valence-corrected chi connectivity index (χ1v) is 4.33. The van der Waals surface area contributed by atoms with Crippen molar-refractivity contribution in [3.63, 3.8) is 0 Å². The Bertz CT molecular complexity index is 275. The smallest absolute Gasteiger partial charge is 0.0420 e. The maximum Gasteiger partial charge on any atom is 0.0420 e. The number of nitrogens with zero attached hydrogens (tertiary/aromatic N) is 1. The van der Waals surface area contributed by atoms with Gasteiger partial charge in [-0.1, -0.05) is 30.3 Å². The minimum Gasteiger partial charge on any atom is -0.386 e. The third-order valence-electron chi connectivity index (χ3n) is 1.58. The fourth-order valence-corrected chi connectivity index (χ4v) is 0.954. The second-order valence-corrected chi connectivity index (χ2v) is 2.59. The summed E-state index contributed by atoms with van der Waals surface area (Å²) in [6, 6.07) is 10.3. The van der Waals surface area contributed by atoms with Crippen LogP contribution in [0.25, 0.3) is 0 Å². The Morgan fingerprint density at radius 3 is 2.77 bits per heavy atom. The van der Waals surface area contributed by atoms with Gasteiger partial charge in [-0.2, -0.15) is 0 Å². The summed E-state index contributed by atoms with van der Waals surface area (Å²) in [4.78, 5) is 3.93. The Morgan fingerprint density at radius 2 is 2.08 bits per heavy atom. The zero-order chi connectivity index (χ0) is 9.36. The van der Waals surface area contributed by atoms with Crippen molar-refractivity contribution in [3.05, 3.63) is 48.3 Å². The average Bonchev–Trinajstić information content (AvgIpc) is 2.19. The molecule has 0 aliphatic carbocycles. The molecule has 0 aliphatic heterocycles. The van der Waals surface area contributed by atoms with Crippen molar-refractivity contribution in [2.75, 3.05) is 0 Å². The van der Waals surface area contributed by atoms with E-state index in [0.717, 1.165) is 6.54 Å². The molecule has 0 aliphatic rings. The lowest BCUT2D eigenvalue weighted by Gasteiger charge is -1.98. The van der Waals surface area contributed by atoms with Gasteiger partial charge >= 0.3 is 0 Å². The Morgan fingerprint density at radius 1 is 1.31 bits per heavy atom. The monoisotopic (exact) mass is 174 g/mol. The Labute approximate surface area is 79.0 Å². The Kier molecular flexibility index (Phi) is 4.39. The van der Waals surface area contributed by atoms with Gasteiger partial charge in [-0.3, -0.25) is 4.99 Å². The first-order chi connectivity index (χ1) is 6.43. The lowest BCUT2D eigenvalue weighted by molar-refractivity contribution is 0.867. The van der Waals surface area contributed by atoms with Gasteiger partial charge in [0.05, 0.1) is 0 Å². The second-order valence-electron chi connectivity index (χ2n) is 2.59. The van der Waals surface area contributed by atoms with Crippen LogP contribution in [0.15, 0.2) is 47.7 Å². The molecule has 0 spiro atoms. The van der Waals surface area contributed by atoms with Gasteiger partial charge in [-0.25, -0.2) is 0 Å². The number of rotatable bonds is 4. The van der Waals surface area contributed by atoms with Crippen molar-refractivity contribution in [2.24, 2.45) is 4.99 Å². The summed E-state index contributed by atoms with van der Waals surface area (Å²) < 4.78 is 0. The summed E-state index contributed by atoms with van der Waals surface area (Å²) in [6.45, 7) is 2.73. The van der Waals surface area contributed by atoms with Crippen LogP contribution in [0, 0.1) is 0 Å². The van der Waals surface area contributed by atoms with Crippen LogP contribution in [0.2, 0.25) is 0 Å². The zero-order valence-corrected chi connectivity index (χ0v) is 7.77. The molecule has 0 amide bonds. The highest BCUT2D eigenvalue weighted by Crippen LogP contribution is 1.96. The number of nitrogens with one attached hydrogen (secondary N) is 1. The van der Waals surface area contributed by atoms with Crippen LogP contribution in [-0.2, 0) is 6.54 Å². The third kappa shape index (κ3) is 4.11. The van der Waals surface area contributed by atoms with Gasteiger partial charge in [-0.05, 0) is 12.5 Å². The van der Waals surface area contributed by atoms with Crippen molar-refractivity contribution in [1.82, 2.24) is 5.32 Å². The van der Waals surface area contributed by atoms with Crippen LogP contribution in [0.1, 0.15) is 12.5 Å². The number of benzene rings is 1. The van der Waals surface area contributed by atoms with E-state index in [1.807, 2.05) is 31.3 Å². The molecule has 0 unspecified atom stereocenters. The van der Waals surface area contributed by atoms with Gasteiger partial charge in [0.15, 0.2) is 0 Å². The van der Waals surface area contributed by atoms with Crippen molar-refractivity contribution >= 4 is 6.21 Å². The molecule has 1 aromatic carbocycles. The zero-order valence-electron chi connectivity index (χ0n) is 7.77. The van der Waals surface area contributed by atoms with E-state index in [0.29, 0.717) is 0 Å². The van der Waals surface area contributed by atoms with E-state index in [1.54, 1.807) is 12.4 Å². The molecule has 2 heteroatoms. The van der Waals surface area contributed by atoms with Crippen LogP contribution >= 0.6 is 0 Å². The SMILES string of the molecule is CC=N/C=C\NCc1ccccc1. The fourth-order valence-electron chi connectivity index (χ4n) is 0.954. The lowest BCUT2D eigenvalue weighted by Crippen LogP contribution is -2.03. The predicted molar refractivity (Wildman–Crippen MR) is 56.6 cm³/mol. The quantitative estimate of drug-likeness (QED) is 0.696. The molecular weight excluding hydrogens is 160 g/mol. The molecule has 2 nitrogen and oxygen atoms in total. The Hall–Kier alpha value is -1.57. The molecule has 0 fully saturated rings. The summed E-state index contributed by atoms with van der Waals surface area (Å²) in [5.74, 6) is 0. The highest BCUT2D eigenvalue weighted by atomic mass is 14.8. The summed E-state index contributed by atoms with van der Waals surface area (Å²) in [5, 5.41) is 3.14. The van der Waals surface area contributed by atoms with Crippen LogP contribution in [0.4, 0.5) is 0 Å². The van der Waals surface area contributed by atoms with Gasteiger partial charge in [0.2, 0.25) is 0 Å². The molecule has 1 rings (SSSR count). The summed E-state index contributed by atoms with van der Waals surface area (Å²) in [7, 11) is 0. The summed E-state index contributed by atoms with van der Waals surface area (Å²) in [6.07, 6.45) is 5.33. The van der Waals surface area contributed by atoms with E-state index >= 15 is 0 Å². The van der Waals surface area contributed by atoms with Crippen molar-refractivity contribution in [2.45, 2.75) is 13.5 Å². The van der Waals surface area contributed by atoms with E-state index in [2.05, 4.69) is 22.4 Å². The molecule has 0 bridgehead atoms. The van der Waals surface area contributed by atoms with E-state index in [9.17, 15) is 0 Å². The van der Waals surface area contributed by atoms with Gasteiger partial charge in [-0.15, -0.1) is 0 Å². The molecule has 0 radical (unpaired) electrons. The van der Waals surface area contributed by atoms with Crippen LogP contribution < -0.4 is 5.32 Å². The van der Waals surface area contributed by atoms with E-state index in [1.165, 1.54) is 5.56 Å². The molecule has 13 heavy (non-hydrogen) atoms. The first kappa shape index (κ1) is 9.52. The molecule has 1 N–H and O–H groups in total. The average molecular weight is 174 g/mol. The molecule has 0 atom stereocenters. The summed E-state index contributed by atoms with van der Waals surface area (Å²) >= 11 is 0. The number of hydrogen-bond donors (Lipinski definition) is 1. The molecule has 0 saturated heterocycles. The van der Waals surface area contributed by atoms with Crippen LogP contribution in [0.3, 0.4) is 0 Å². The van der Waals surface area contributed by atoms with Gasteiger partial charge in [0.25, 0.3) is 0 Å². The van der Waals surface area contributed by atoms with E-state index in [-0.39, 0.29) is 0 Å². The molecular formula is C11H14N2. The maximum absolute atomic E-state index is 3.93. The van der Waals surface area contributed by atoms with Crippen LogP contribution in [0.5, 0.6) is 0 Å². The minimum atomic E-state index is 0.844. The van der Waals surface area contributed by atoms with E-state index in [4.69, 9.17) is 0 Å². The molecule has 68 valence electrons. The maximum atomic E-state index is 3.93. The normalized spacial score (nSPS) is 11.2. The van der Waals surface area contributed by atoms with Crippen molar-refractivity contribution in [3.8, 4) is 0 Å². The minimum absolute atomic E-state index is 0.844. The van der Waals surface area contributed by atoms with Crippen molar-refractivity contribution < 1.29 is 0 Å². The fraction of sp³-hybridized carbons (Fsp3) is 0.182. The molecule has 0 saturated carbocycles. The Balaban J connectivity index is 2.28. The summed E-state index contributed by atoms with van der Waals surface area (Å²) in [5.41, 5.74) is 1.27. The highest BCUT2D eigenvalue weighted by molar-refractivity contribution is 5.54. The third-order valence-corrected chi connectivity index (χ3v) is 1.58. The molecule has 0 aromatic heterocycles.